The average molecular weight is 206 g/mol. The maximum Gasteiger partial charge on any atom is 0.0599 e. The lowest BCUT2D eigenvalue weighted by Gasteiger charge is -2.22. The molecule has 0 spiro atoms. The van der Waals surface area contributed by atoms with Crippen molar-refractivity contribution in [3.63, 3.8) is 0 Å². The molecule has 0 aliphatic carbocycles. The van der Waals surface area contributed by atoms with Crippen molar-refractivity contribution in [3.8, 4) is 0 Å². The number of hydrogen-bond donors (Lipinski definition) is 0. The number of benzene rings is 1. The molecule has 84 valence electrons. The minimum Gasteiger partial charge on any atom is -0.381 e. The summed E-state index contributed by atoms with van der Waals surface area (Å²) >= 11 is 0. The Labute approximate surface area is 93.5 Å². The zero-order chi connectivity index (χ0) is 11.1. The van der Waals surface area contributed by atoms with E-state index in [9.17, 15) is 0 Å². The molecule has 0 N–H and O–H groups in total. The summed E-state index contributed by atoms with van der Waals surface area (Å²) in [4.78, 5) is 0. The molecule has 0 fully saturated rings. The van der Waals surface area contributed by atoms with E-state index in [-0.39, 0.29) is 0 Å². The quantitative estimate of drug-likeness (QED) is 0.690. The number of ether oxygens (including phenoxy) is 1. The first-order valence-corrected chi connectivity index (χ1v) is 5.84. The Morgan fingerprint density at radius 2 is 1.87 bits per heavy atom. The van der Waals surface area contributed by atoms with Gasteiger partial charge >= 0.3 is 0 Å². The molecule has 0 amide bonds. The Kier molecular flexibility index (Phi) is 5.41. The van der Waals surface area contributed by atoms with Crippen LogP contribution in [-0.2, 0) is 11.2 Å². The van der Waals surface area contributed by atoms with E-state index in [0.717, 1.165) is 12.8 Å². The molecule has 1 aromatic carbocycles. The third-order valence-corrected chi connectivity index (χ3v) is 2.91. The van der Waals surface area contributed by atoms with Crippen molar-refractivity contribution in [3.05, 3.63) is 35.9 Å². The zero-order valence-corrected chi connectivity index (χ0v) is 10.1. The van der Waals surface area contributed by atoms with Crippen molar-refractivity contribution >= 4 is 0 Å². The molecule has 15 heavy (non-hydrogen) atoms. The monoisotopic (exact) mass is 206 g/mol. The summed E-state index contributed by atoms with van der Waals surface area (Å²) in [6.07, 6.45) is 3.86. The van der Waals surface area contributed by atoms with Crippen LogP contribution in [0.15, 0.2) is 30.3 Å². The van der Waals surface area contributed by atoms with Gasteiger partial charge in [0.15, 0.2) is 0 Å². The number of rotatable bonds is 6. The van der Waals surface area contributed by atoms with Gasteiger partial charge in [-0.1, -0.05) is 50.6 Å². The lowest BCUT2D eigenvalue weighted by atomic mass is 9.93. The van der Waals surface area contributed by atoms with E-state index >= 15 is 0 Å². The smallest absolute Gasteiger partial charge is 0.0599 e. The van der Waals surface area contributed by atoms with Gasteiger partial charge in [0.05, 0.1) is 6.10 Å². The Bertz CT molecular complexity index is 255. The molecule has 0 aliphatic rings. The molecule has 0 radical (unpaired) electrons. The molecular formula is C14H22O. The van der Waals surface area contributed by atoms with Gasteiger partial charge in [-0.05, 0) is 24.3 Å². The molecule has 0 bridgehead atoms. The van der Waals surface area contributed by atoms with Crippen molar-refractivity contribution in [1.82, 2.24) is 0 Å². The molecule has 0 aliphatic heterocycles. The van der Waals surface area contributed by atoms with Gasteiger partial charge in [0, 0.05) is 7.11 Å². The SMILES string of the molecule is CCCC(OC)C(C)Cc1ccccc1. The molecule has 2 unspecified atom stereocenters. The highest BCUT2D eigenvalue weighted by Gasteiger charge is 2.15. The van der Waals surface area contributed by atoms with E-state index in [1.807, 2.05) is 7.11 Å². The lowest BCUT2D eigenvalue weighted by Crippen LogP contribution is -2.22. The number of methoxy groups -OCH3 is 1. The largest absolute Gasteiger partial charge is 0.381 e. The van der Waals surface area contributed by atoms with Crippen LogP contribution < -0.4 is 0 Å². The van der Waals surface area contributed by atoms with E-state index in [1.54, 1.807) is 0 Å². The van der Waals surface area contributed by atoms with Crippen LogP contribution in [0.25, 0.3) is 0 Å². The zero-order valence-electron chi connectivity index (χ0n) is 10.1. The minimum absolute atomic E-state index is 0.398. The maximum atomic E-state index is 5.52. The van der Waals surface area contributed by atoms with Crippen LogP contribution in [0.1, 0.15) is 32.3 Å². The second kappa shape index (κ2) is 6.62. The third kappa shape index (κ3) is 4.05. The summed E-state index contributed by atoms with van der Waals surface area (Å²) < 4.78 is 5.52. The van der Waals surface area contributed by atoms with E-state index in [4.69, 9.17) is 4.74 Å². The summed E-state index contributed by atoms with van der Waals surface area (Å²) in [6, 6.07) is 10.6. The van der Waals surface area contributed by atoms with Gasteiger partial charge in [-0.3, -0.25) is 0 Å². The fraction of sp³-hybridized carbons (Fsp3) is 0.571. The van der Waals surface area contributed by atoms with Crippen molar-refractivity contribution in [2.24, 2.45) is 5.92 Å². The molecular weight excluding hydrogens is 184 g/mol. The van der Waals surface area contributed by atoms with Gasteiger partial charge in [0.2, 0.25) is 0 Å². The minimum atomic E-state index is 0.398. The van der Waals surface area contributed by atoms with Crippen LogP contribution in [-0.4, -0.2) is 13.2 Å². The first-order valence-electron chi connectivity index (χ1n) is 5.84. The van der Waals surface area contributed by atoms with Gasteiger partial charge in [-0.15, -0.1) is 0 Å². The van der Waals surface area contributed by atoms with Crippen LogP contribution >= 0.6 is 0 Å². The third-order valence-electron chi connectivity index (χ3n) is 2.91. The van der Waals surface area contributed by atoms with Gasteiger partial charge in [-0.2, -0.15) is 0 Å². The predicted molar refractivity (Wildman–Crippen MR) is 65.0 cm³/mol. The summed E-state index contributed by atoms with van der Waals surface area (Å²) in [5.74, 6) is 0.595. The topological polar surface area (TPSA) is 9.23 Å². The summed E-state index contributed by atoms with van der Waals surface area (Å²) in [5, 5.41) is 0. The highest BCUT2D eigenvalue weighted by Crippen LogP contribution is 2.17. The van der Waals surface area contributed by atoms with E-state index < -0.39 is 0 Å². The molecule has 1 rings (SSSR count). The first kappa shape index (κ1) is 12.3. The molecule has 0 aromatic heterocycles. The average Bonchev–Trinajstić information content (AvgIpc) is 2.27. The van der Waals surface area contributed by atoms with Gasteiger partial charge in [0.25, 0.3) is 0 Å². The van der Waals surface area contributed by atoms with Crippen LogP contribution in [0.4, 0.5) is 0 Å². The second-order valence-electron chi connectivity index (χ2n) is 4.23. The Morgan fingerprint density at radius 1 is 1.20 bits per heavy atom. The summed E-state index contributed by atoms with van der Waals surface area (Å²) in [7, 11) is 1.82. The van der Waals surface area contributed by atoms with Crippen LogP contribution in [0.5, 0.6) is 0 Å². The van der Waals surface area contributed by atoms with Crippen molar-refractivity contribution in [2.75, 3.05) is 7.11 Å². The molecule has 1 nitrogen and oxygen atoms in total. The van der Waals surface area contributed by atoms with E-state index in [0.29, 0.717) is 12.0 Å². The standard InChI is InChI=1S/C14H22O/c1-4-8-14(15-3)12(2)11-13-9-6-5-7-10-13/h5-7,9-10,12,14H,4,8,11H2,1-3H3. The highest BCUT2D eigenvalue weighted by atomic mass is 16.5. The fourth-order valence-electron chi connectivity index (χ4n) is 2.04. The van der Waals surface area contributed by atoms with Crippen LogP contribution in [0, 0.1) is 5.92 Å². The van der Waals surface area contributed by atoms with Gasteiger partial charge in [0.1, 0.15) is 0 Å². The molecule has 1 heteroatoms. The predicted octanol–water partition coefficient (Wildman–Crippen LogP) is 3.68. The Balaban J connectivity index is 2.50. The Hall–Kier alpha value is -0.820. The maximum absolute atomic E-state index is 5.52. The molecule has 0 saturated carbocycles. The van der Waals surface area contributed by atoms with Crippen molar-refractivity contribution < 1.29 is 4.74 Å². The van der Waals surface area contributed by atoms with Crippen LogP contribution in [0.3, 0.4) is 0 Å². The first-order chi connectivity index (χ1) is 7.27. The molecule has 2 atom stereocenters. The van der Waals surface area contributed by atoms with Gasteiger partial charge < -0.3 is 4.74 Å². The molecule has 1 aromatic rings. The normalized spacial score (nSPS) is 14.9. The molecule has 0 heterocycles. The summed E-state index contributed by atoms with van der Waals surface area (Å²) in [6.45, 7) is 4.48. The fourth-order valence-corrected chi connectivity index (χ4v) is 2.04. The van der Waals surface area contributed by atoms with Crippen molar-refractivity contribution in [2.45, 2.75) is 39.2 Å². The number of hydrogen-bond acceptors (Lipinski definition) is 1. The van der Waals surface area contributed by atoms with Crippen molar-refractivity contribution in [1.29, 1.82) is 0 Å². The lowest BCUT2D eigenvalue weighted by molar-refractivity contribution is 0.0513. The van der Waals surface area contributed by atoms with Gasteiger partial charge in [-0.25, -0.2) is 0 Å². The summed E-state index contributed by atoms with van der Waals surface area (Å²) in [5.41, 5.74) is 1.41. The Morgan fingerprint density at radius 3 is 2.40 bits per heavy atom. The molecule has 0 saturated heterocycles. The second-order valence-corrected chi connectivity index (χ2v) is 4.23. The van der Waals surface area contributed by atoms with Crippen LogP contribution in [0.2, 0.25) is 0 Å². The highest BCUT2D eigenvalue weighted by molar-refractivity contribution is 5.15. The van der Waals surface area contributed by atoms with E-state index in [2.05, 4.69) is 44.2 Å². The van der Waals surface area contributed by atoms with E-state index in [1.165, 1.54) is 12.0 Å².